The monoisotopic (exact) mass is 282 g/mol. The molecule has 0 amide bonds. The molecule has 0 radical (unpaired) electrons. The van der Waals surface area contributed by atoms with E-state index in [2.05, 4.69) is 35.8 Å². The third-order valence-electron chi connectivity index (χ3n) is 4.24. The maximum absolute atomic E-state index is 5.76. The van der Waals surface area contributed by atoms with Gasteiger partial charge in [0.15, 0.2) is 0 Å². The van der Waals surface area contributed by atoms with Crippen LogP contribution >= 0.6 is 0 Å². The molecular weight excluding hydrogens is 260 g/mol. The normalized spacial score (nSPS) is 21.8. The minimum atomic E-state index is 0.318. The van der Waals surface area contributed by atoms with Crippen LogP contribution in [0.1, 0.15) is 24.3 Å². The van der Waals surface area contributed by atoms with Crippen LogP contribution in [0.5, 0.6) is 5.75 Å². The lowest BCUT2D eigenvalue weighted by Crippen LogP contribution is -2.38. The van der Waals surface area contributed by atoms with Crippen molar-refractivity contribution >= 4 is 0 Å². The van der Waals surface area contributed by atoms with Gasteiger partial charge in [-0.3, -0.25) is 11.3 Å². The van der Waals surface area contributed by atoms with Crippen molar-refractivity contribution in [3.63, 3.8) is 0 Å². The molecule has 0 bridgehead atoms. The number of hydrogen-bond donors (Lipinski definition) is 2. The van der Waals surface area contributed by atoms with Crippen LogP contribution in [0.4, 0.5) is 0 Å². The Morgan fingerprint density at radius 3 is 2.38 bits per heavy atom. The zero-order valence-corrected chi connectivity index (χ0v) is 12.1. The summed E-state index contributed by atoms with van der Waals surface area (Å²) in [4.78, 5) is 0. The number of ether oxygens (including phenoxy) is 1. The first-order valence-electron chi connectivity index (χ1n) is 7.57. The van der Waals surface area contributed by atoms with Crippen molar-refractivity contribution in [2.75, 3.05) is 6.61 Å². The second-order valence-electron chi connectivity index (χ2n) is 5.64. The first-order valence-corrected chi connectivity index (χ1v) is 7.57. The summed E-state index contributed by atoms with van der Waals surface area (Å²) in [5.74, 6) is 7.91. The Labute approximate surface area is 126 Å². The van der Waals surface area contributed by atoms with Gasteiger partial charge < -0.3 is 4.74 Å². The van der Waals surface area contributed by atoms with E-state index in [0.717, 1.165) is 12.2 Å². The van der Waals surface area contributed by atoms with Crippen LogP contribution in [0.15, 0.2) is 60.7 Å². The fraction of sp³-hybridized carbons (Fsp3) is 0.333. The number of rotatable bonds is 7. The average Bonchev–Trinajstić information content (AvgIpc) is 3.34. The van der Waals surface area contributed by atoms with E-state index in [9.17, 15) is 0 Å². The van der Waals surface area contributed by atoms with Crippen molar-refractivity contribution in [1.29, 1.82) is 0 Å². The highest BCUT2D eigenvalue weighted by atomic mass is 16.5. The first kappa shape index (κ1) is 14.1. The summed E-state index contributed by atoms with van der Waals surface area (Å²) >= 11 is 0. The Morgan fingerprint density at radius 2 is 1.71 bits per heavy atom. The Hall–Kier alpha value is -1.84. The number of benzene rings is 2. The molecule has 2 aromatic rings. The maximum atomic E-state index is 5.76. The molecule has 3 atom stereocenters. The fourth-order valence-electron chi connectivity index (χ4n) is 2.98. The van der Waals surface area contributed by atoms with E-state index in [-0.39, 0.29) is 0 Å². The Balaban J connectivity index is 1.48. The summed E-state index contributed by atoms with van der Waals surface area (Å²) in [6.07, 6.45) is 2.14. The van der Waals surface area contributed by atoms with Gasteiger partial charge in [-0.1, -0.05) is 48.5 Å². The molecule has 0 aliphatic heterocycles. The van der Waals surface area contributed by atoms with E-state index in [1.807, 2.05) is 30.3 Å². The lowest BCUT2D eigenvalue weighted by atomic mass is 10.0. The minimum Gasteiger partial charge on any atom is -0.494 e. The van der Waals surface area contributed by atoms with Gasteiger partial charge in [0.05, 0.1) is 6.61 Å². The van der Waals surface area contributed by atoms with Gasteiger partial charge in [-0.05, 0) is 42.4 Å². The van der Waals surface area contributed by atoms with Crippen LogP contribution in [-0.2, 0) is 0 Å². The molecule has 0 saturated heterocycles. The van der Waals surface area contributed by atoms with Gasteiger partial charge in [-0.25, -0.2) is 0 Å². The van der Waals surface area contributed by atoms with Crippen LogP contribution in [0.2, 0.25) is 0 Å². The van der Waals surface area contributed by atoms with Gasteiger partial charge in [-0.2, -0.15) is 0 Å². The standard InChI is InChI=1S/C18H22N2O/c19-20-18(11-12-21-15-9-5-2-6-10-15)17-13-16(17)14-7-3-1-4-8-14/h1-10,16-18,20H,11-13,19H2. The van der Waals surface area contributed by atoms with E-state index in [1.54, 1.807) is 0 Å². The average molecular weight is 282 g/mol. The van der Waals surface area contributed by atoms with Gasteiger partial charge in [-0.15, -0.1) is 0 Å². The number of nitrogens with one attached hydrogen (secondary N) is 1. The lowest BCUT2D eigenvalue weighted by molar-refractivity contribution is 0.276. The summed E-state index contributed by atoms with van der Waals surface area (Å²) in [6.45, 7) is 0.691. The largest absolute Gasteiger partial charge is 0.494 e. The van der Waals surface area contributed by atoms with E-state index >= 15 is 0 Å². The molecule has 3 nitrogen and oxygen atoms in total. The quantitative estimate of drug-likeness (QED) is 0.606. The molecular formula is C18H22N2O. The van der Waals surface area contributed by atoms with Crippen molar-refractivity contribution in [3.05, 3.63) is 66.2 Å². The van der Waals surface area contributed by atoms with Crippen molar-refractivity contribution in [1.82, 2.24) is 5.43 Å². The zero-order chi connectivity index (χ0) is 14.5. The molecule has 110 valence electrons. The smallest absolute Gasteiger partial charge is 0.119 e. The number of para-hydroxylation sites is 1. The fourth-order valence-corrected chi connectivity index (χ4v) is 2.98. The molecule has 3 rings (SSSR count). The topological polar surface area (TPSA) is 47.3 Å². The van der Waals surface area contributed by atoms with Gasteiger partial charge in [0.1, 0.15) is 5.75 Å². The molecule has 2 aromatic carbocycles. The van der Waals surface area contributed by atoms with Crippen LogP contribution in [0.3, 0.4) is 0 Å². The lowest BCUT2D eigenvalue weighted by Gasteiger charge is -2.16. The van der Waals surface area contributed by atoms with E-state index in [1.165, 1.54) is 12.0 Å². The van der Waals surface area contributed by atoms with Crippen LogP contribution in [0.25, 0.3) is 0 Å². The highest BCUT2D eigenvalue weighted by Crippen LogP contribution is 2.49. The predicted molar refractivity (Wildman–Crippen MR) is 85.0 cm³/mol. The summed E-state index contributed by atoms with van der Waals surface area (Å²) in [7, 11) is 0. The Morgan fingerprint density at radius 1 is 1.05 bits per heavy atom. The zero-order valence-electron chi connectivity index (χ0n) is 12.1. The predicted octanol–water partition coefficient (Wildman–Crippen LogP) is 3.09. The maximum Gasteiger partial charge on any atom is 0.119 e. The van der Waals surface area contributed by atoms with Crippen molar-refractivity contribution < 1.29 is 4.74 Å². The third-order valence-corrected chi connectivity index (χ3v) is 4.24. The second-order valence-corrected chi connectivity index (χ2v) is 5.64. The Kier molecular flexibility index (Phi) is 4.53. The molecule has 1 fully saturated rings. The number of hydrogen-bond acceptors (Lipinski definition) is 3. The molecule has 3 heteroatoms. The first-order chi connectivity index (χ1) is 10.4. The third kappa shape index (κ3) is 3.63. The second kappa shape index (κ2) is 6.74. The molecule has 0 aromatic heterocycles. The molecule has 1 aliphatic carbocycles. The van der Waals surface area contributed by atoms with E-state index in [0.29, 0.717) is 24.5 Å². The van der Waals surface area contributed by atoms with Crippen molar-refractivity contribution in [2.45, 2.75) is 24.8 Å². The molecule has 3 N–H and O–H groups in total. The molecule has 3 unspecified atom stereocenters. The SMILES string of the molecule is NNC(CCOc1ccccc1)C1CC1c1ccccc1. The molecule has 0 spiro atoms. The summed E-state index contributed by atoms with van der Waals surface area (Å²) in [5.41, 5.74) is 4.39. The van der Waals surface area contributed by atoms with Gasteiger partial charge in [0.25, 0.3) is 0 Å². The van der Waals surface area contributed by atoms with E-state index in [4.69, 9.17) is 10.6 Å². The number of hydrazine groups is 1. The van der Waals surface area contributed by atoms with Gasteiger partial charge in [0, 0.05) is 6.04 Å². The summed E-state index contributed by atoms with van der Waals surface area (Å²) in [5, 5.41) is 0. The number of nitrogens with two attached hydrogens (primary N) is 1. The molecule has 21 heavy (non-hydrogen) atoms. The minimum absolute atomic E-state index is 0.318. The Bertz CT molecular complexity index is 544. The van der Waals surface area contributed by atoms with E-state index < -0.39 is 0 Å². The molecule has 0 heterocycles. The van der Waals surface area contributed by atoms with Crippen molar-refractivity contribution in [3.8, 4) is 5.75 Å². The van der Waals surface area contributed by atoms with Crippen LogP contribution < -0.4 is 16.0 Å². The highest BCUT2D eigenvalue weighted by molar-refractivity contribution is 5.26. The van der Waals surface area contributed by atoms with Gasteiger partial charge in [0.2, 0.25) is 0 Å². The van der Waals surface area contributed by atoms with Gasteiger partial charge >= 0.3 is 0 Å². The summed E-state index contributed by atoms with van der Waals surface area (Å²) < 4.78 is 5.76. The summed E-state index contributed by atoms with van der Waals surface area (Å²) in [6, 6.07) is 20.9. The highest BCUT2D eigenvalue weighted by Gasteiger charge is 2.43. The van der Waals surface area contributed by atoms with Crippen molar-refractivity contribution in [2.24, 2.45) is 11.8 Å². The molecule has 1 saturated carbocycles. The van der Waals surface area contributed by atoms with Crippen LogP contribution in [0, 0.1) is 5.92 Å². The molecule has 1 aliphatic rings. The van der Waals surface area contributed by atoms with Crippen LogP contribution in [-0.4, -0.2) is 12.6 Å².